The summed E-state index contributed by atoms with van der Waals surface area (Å²) in [6, 6.07) is 9.53. The summed E-state index contributed by atoms with van der Waals surface area (Å²) in [7, 11) is 0. The Kier molecular flexibility index (Phi) is 4.33. The van der Waals surface area contributed by atoms with Crippen molar-refractivity contribution < 1.29 is 9.72 Å². The molecule has 2 aromatic rings. The molecule has 2 heterocycles. The minimum absolute atomic E-state index is 0.0395. The largest absolute Gasteiger partial charge is 0.389 e. The predicted molar refractivity (Wildman–Crippen MR) is 82.8 cm³/mol. The van der Waals surface area contributed by atoms with Crippen LogP contribution in [0, 0.1) is 10.1 Å². The molecule has 0 spiro atoms. The summed E-state index contributed by atoms with van der Waals surface area (Å²) in [5.41, 5.74) is 2.50. The van der Waals surface area contributed by atoms with Crippen LogP contribution in [0.1, 0.15) is 17.2 Å². The first kappa shape index (κ1) is 15.2. The van der Waals surface area contributed by atoms with Crippen molar-refractivity contribution in [2.45, 2.75) is 19.0 Å². The van der Waals surface area contributed by atoms with Gasteiger partial charge in [-0.25, -0.2) is 0 Å². The molecule has 0 bridgehead atoms. The fourth-order valence-electron chi connectivity index (χ4n) is 2.73. The molecule has 3 rings (SSSR count). The first-order valence-corrected chi connectivity index (χ1v) is 7.39. The zero-order chi connectivity index (χ0) is 16.2. The Balaban J connectivity index is 1.56. The first-order valence-electron chi connectivity index (χ1n) is 7.39. The lowest BCUT2D eigenvalue weighted by Crippen LogP contribution is -2.39. The molecule has 1 atom stereocenters. The van der Waals surface area contributed by atoms with Gasteiger partial charge in [-0.3, -0.25) is 4.79 Å². The van der Waals surface area contributed by atoms with Gasteiger partial charge in [0.2, 0.25) is 5.91 Å². The van der Waals surface area contributed by atoms with Gasteiger partial charge in [-0.05, 0) is 29.0 Å². The van der Waals surface area contributed by atoms with E-state index in [0.29, 0.717) is 6.54 Å². The standard InChI is InChI=1S/C15H17N5O3/c21-15(10-19-8-6-14(18-19)20(22)23)17-9-13-12-4-2-1-3-11(12)5-7-16-13/h1-4,6,8,13,16H,5,7,9-10H2,(H,17,21). The van der Waals surface area contributed by atoms with Gasteiger partial charge >= 0.3 is 5.82 Å². The molecule has 8 heteroatoms. The molecule has 1 unspecified atom stereocenters. The summed E-state index contributed by atoms with van der Waals surface area (Å²) in [4.78, 5) is 22.0. The average Bonchev–Trinajstić information content (AvgIpc) is 3.01. The zero-order valence-corrected chi connectivity index (χ0v) is 12.4. The Labute approximate surface area is 132 Å². The molecule has 23 heavy (non-hydrogen) atoms. The van der Waals surface area contributed by atoms with Gasteiger partial charge in [0.15, 0.2) is 0 Å². The third-order valence-electron chi connectivity index (χ3n) is 3.84. The smallest absolute Gasteiger partial charge is 0.358 e. The number of benzene rings is 1. The molecular weight excluding hydrogens is 298 g/mol. The van der Waals surface area contributed by atoms with Crippen LogP contribution in [0.2, 0.25) is 0 Å². The summed E-state index contributed by atoms with van der Waals surface area (Å²) in [6.45, 7) is 1.31. The maximum Gasteiger partial charge on any atom is 0.389 e. The van der Waals surface area contributed by atoms with Crippen molar-refractivity contribution in [2.75, 3.05) is 13.1 Å². The van der Waals surface area contributed by atoms with Crippen LogP contribution in [0.4, 0.5) is 5.82 Å². The van der Waals surface area contributed by atoms with E-state index in [9.17, 15) is 14.9 Å². The number of hydrogen-bond donors (Lipinski definition) is 2. The highest BCUT2D eigenvalue weighted by Gasteiger charge is 2.20. The maximum absolute atomic E-state index is 12.0. The van der Waals surface area contributed by atoms with Crippen LogP contribution >= 0.6 is 0 Å². The van der Waals surface area contributed by atoms with Gasteiger partial charge in [0.1, 0.15) is 6.54 Å². The normalized spacial score (nSPS) is 16.6. The second-order valence-electron chi connectivity index (χ2n) is 5.39. The second kappa shape index (κ2) is 6.57. The van der Waals surface area contributed by atoms with Crippen LogP contribution in [0.5, 0.6) is 0 Å². The van der Waals surface area contributed by atoms with E-state index in [2.05, 4.69) is 27.9 Å². The van der Waals surface area contributed by atoms with Gasteiger partial charge in [-0.15, -0.1) is 0 Å². The SMILES string of the molecule is O=C(Cn1ccc([N+](=O)[O-])n1)NCC1NCCc2ccccc21. The number of rotatable bonds is 5. The topological polar surface area (TPSA) is 102 Å². The molecule has 1 aliphatic heterocycles. The average molecular weight is 315 g/mol. The highest BCUT2D eigenvalue weighted by Crippen LogP contribution is 2.21. The van der Waals surface area contributed by atoms with E-state index < -0.39 is 4.92 Å². The first-order chi connectivity index (χ1) is 11.1. The molecule has 0 radical (unpaired) electrons. The summed E-state index contributed by atoms with van der Waals surface area (Å²) in [5.74, 6) is -0.492. The van der Waals surface area contributed by atoms with Crippen LogP contribution in [-0.2, 0) is 17.8 Å². The van der Waals surface area contributed by atoms with Crippen LogP contribution in [0.25, 0.3) is 0 Å². The Morgan fingerprint density at radius 1 is 1.43 bits per heavy atom. The highest BCUT2D eigenvalue weighted by molar-refractivity contribution is 5.75. The number of carbonyl (C=O) groups excluding carboxylic acids is 1. The second-order valence-corrected chi connectivity index (χ2v) is 5.39. The molecule has 1 aromatic carbocycles. The maximum atomic E-state index is 12.0. The van der Waals surface area contributed by atoms with E-state index in [-0.39, 0.29) is 24.3 Å². The Hall–Kier alpha value is -2.74. The molecule has 1 aliphatic rings. The molecule has 8 nitrogen and oxygen atoms in total. The van der Waals surface area contributed by atoms with E-state index >= 15 is 0 Å². The van der Waals surface area contributed by atoms with Crippen molar-refractivity contribution in [2.24, 2.45) is 0 Å². The Morgan fingerprint density at radius 3 is 3.04 bits per heavy atom. The third kappa shape index (κ3) is 3.54. The molecule has 0 saturated heterocycles. The van der Waals surface area contributed by atoms with Crippen LogP contribution in [0.3, 0.4) is 0 Å². The number of nitrogens with one attached hydrogen (secondary N) is 2. The quantitative estimate of drug-likeness (QED) is 0.627. The van der Waals surface area contributed by atoms with Crippen LogP contribution < -0.4 is 10.6 Å². The van der Waals surface area contributed by atoms with Crippen molar-refractivity contribution in [3.63, 3.8) is 0 Å². The lowest BCUT2D eigenvalue weighted by Gasteiger charge is -2.27. The molecule has 0 saturated carbocycles. The van der Waals surface area contributed by atoms with Gasteiger partial charge in [0, 0.05) is 12.6 Å². The van der Waals surface area contributed by atoms with Crippen molar-refractivity contribution in [3.8, 4) is 0 Å². The Morgan fingerprint density at radius 2 is 2.26 bits per heavy atom. The van der Waals surface area contributed by atoms with Gasteiger partial charge in [-0.2, -0.15) is 4.68 Å². The van der Waals surface area contributed by atoms with Gasteiger partial charge in [-0.1, -0.05) is 24.3 Å². The van der Waals surface area contributed by atoms with Crippen molar-refractivity contribution >= 4 is 11.7 Å². The molecule has 120 valence electrons. The number of nitrogens with zero attached hydrogens (tertiary/aromatic N) is 3. The van der Waals surface area contributed by atoms with Gasteiger partial charge in [0.05, 0.1) is 17.4 Å². The lowest BCUT2D eigenvalue weighted by atomic mass is 9.94. The fraction of sp³-hybridized carbons (Fsp3) is 0.333. The predicted octanol–water partition coefficient (Wildman–Crippen LogP) is 0.794. The van der Waals surface area contributed by atoms with E-state index in [1.807, 2.05) is 12.1 Å². The van der Waals surface area contributed by atoms with Gasteiger partial charge < -0.3 is 20.7 Å². The Bertz CT molecular complexity index is 727. The van der Waals surface area contributed by atoms with Crippen molar-refractivity contribution in [1.82, 2.24) is 20.4 Å². The molecule has 2 N–H and O–H groups in total. The number of aromatic nitrogens is 2. The number of carbonyl (C=O) groups is 1. The monoisotopic (exact) mass is 315 g/mol. The minimum atomic E-state index is -0.586. The molecule has 1 amide bonds. The van der Waals surface area contributed by atoms with Gasteiger partial charge in [0.25, 0.3) is 0 Å². The van der Waals surface area contributed by atoms with Crippen molar-refractivity contribution in [3.05, 3.63) is 57.8 Å². The highest BCUT2D eigenvalue weighted by atomic mass is 16.6. The van der Waals surface area contributed by atoms with Crippen LogP contribution in [-0.4, -0.2) is 33.7 Å². The van der Waals surface area contributed by atoms with E-state index in [1.165, 1.54) is 28.1 Å². The molecule has 0 aliphatic carbocycles. The van der Waals surface area contributed by atoms with Crippen molar-refractivity contribution in [1.29, 1.82) is 0 Å². The molecule has 1 aromatic heterocycles. The number of amides is 1. The summed E-state index contributed by atoms with van der Waals surface area (Å²) in [6.07, 6.45) is 2.41. The van der Waals surface area contributed by atoms with E-state index in [4.69, 9.17) is 0 Å². The fourth-order valence-corrected chi connectivity index (χ4v) is 2.73. The molecular formula is C15H17N5O3. The lowest BCUT2D eigenvalue weighted by molar-refractivity contribution is -0.389. The summed E-state index contributed by atoms with van der Waals surface area (Å²) in [5, 5.41) is 20.5. The minimum Gasteiger partial charge on any atom is -0.358 e. The van der Waals surface area contributed by atoms with E-state index in [0.717, 1.165) is 13.0 Å². The van der Waals surface area contributed by atoms with E-state index in [1.54, 1.807) is 0 Å². The zero-order valence-electron chi connectivity index (χ0n) is 12.4. The molecule has 0 fully saturated rings. The summed E-state index contributed by atoms with van der Waals surface area (Å²) >= 11 is 0. The third-order valence-corrected chi connectivity index (χ3v) is 3.84. The number of hydrogen-bond acceptors (Lipinski definition) is 5. The summed E-state index contributed by atoms with van der Waals surface area (Å²) < 4.78 is 1.26. The number of fused-ring (bicyclic) bond motifs is 1. The van der Waals surface area contributed by atoms with Crippen LogP contribution in [0.15, 0.2) is 36.5 Å². The number of nitro groups is 1.